The van der Waals surface area contributed by atoms with E-state index in [9.17, 15) is 4.79 Å². The van der Waals surface area contributed by atoms with Crippen molar-refractivity contribution < 1.29 is 9.53 Å². The highest BCUT2D eigenvalue weighted by Gasteiger charge is 2.15. The highest BCUT2D eigenvalue weighted by molar-refractivity contribution is 7.17. The summed E-state index contributed by atoms with van der Waals surface area (Å²) < 4.78 is 4.77. The molecule has 17 heavy (non-hydrogen) atoms. The summed E-state index contributed by atoms with van der Waals surface area (Å²) in [4.78, 5) is 13.3. The molecule has 0 aliphatic rings. The van der Waals surface area contributed by atoms with Crippen molar-refractivity contribution in [3.63, 3.8) is 0 Å². The van der Waals surface area contributed by atoms with Crippen molar-refractivity contribution in [3.8, 4) is 10.4 Å². The number of hydrogen-bond donors (Lipinski definition) is 0. The van der Waals surface area contributed by atoms with Crippen LogP contribution in [0.15, 0.2) is 30.3 Å². The highest BCUT2D eigenvalue weighted by atomic mass is 32.1. The minimum absolute atomic E-state index is 0.257. The van der Waals surface area contributed by atoms with Gasteiger partial charge in [0, 0.05) is 4.88 Å². The van der Waals surface area contributed by atoms with Crippen LogP contribution < -0.4 is 0 Å². The molecule has 1 aromatic heterocycles. The zero-order valence-electron chi connectivity index (χ0n) is 10.1. The zero-order valence-corrected chi connectivity index (χ0v) is 10.9. The number of hydrogen-bond acceptors (Lipinski definition) is 3. The van der Waals surface area contributed by atoms with E-state index in [1.807, 2.05) is 25.1 Å². The Hall–Kier alpha value is -1.61. The van der Waals surface area contributed by atoms with E-state index in [2.05, 4.69) is 19.1 Å². The number of methoxy groups -OCH3 is 1. The number of rotatable bonds is 2. The molecule has 0 atom stereocenters. The fourth-order valence-electron chi connectivity index (χ4n) is 1.76. The average molecular weight is 246 g/mol. The van der Waals surface area contributed by atoms with Gasteiger partial charge in [0.05, 0.1) is 7.11 Å². The van der Waals surface area contributed by atoms with Gasteiger partial charge in [-0.05, 0) is 36.6 Å². The third kappa shape index (κ3) is 2.24. The minimum atomic E-state index is -0.257. The van der Waals surface area contributed by atoms with Gasteiger partial charge in [-0.25, -0.2) is 4.79 Å². The van der Waals surface area contributed by atoms with Crippen molar-refractivity contribution >= 4 is 17.3 Å². The van der Waals surface area contributed by atoms with Gasteiger partial charge in [0.15, 0.2) is 0 Å². The summed E-state index contributed by atoms with van der Waals surface area (Å²) in [5.74, 6) is -0.257. The molecule has 0 fully saturated rings. The van der Waals surface area contributed by atoms with Crippen molar-refractivity contribution in [3.05, 3.63) is 46.3 Å². The maximum Gasteiger partial charge on any atom is 0.348 e. The van der Waals surface area contributed by atoms with Gasteiger partial charge in [0.1, 0.15) is 4.88 Å². The first-order valence-corrected chi connectivity index (χ1v) is 6.20. The lowest BCUT2D eigenvalue weighted by Gasteiger charge is -2.01. The molecule has 0 amide bonds. The number of ether oxygens (including phenoxy) is 1. The number of benzene rings is 1. The normalized spacial score (nSPS) is 10.3. The molecule has 88 valence electrons. The first kappa shape index (κ1) is 11.9. The summed E-state index contributed by atoms with van der Waals surface area (Å²) in [6, 6.07) is 10.2. The summed E-state index contributed by atoms with van der Waals surface area (Å²) >= 11 is 1.48. The predicted octanol–water partition coefficient (Wildman–Crippen LogP) is 3.82. The predicted molar refractivity (Wildman–Crippen MR) is 70.6 cm³/mol. The molecule has 0 unspecified atom stereocenters. The van der Waals surface area contributed by atoms with Crippen LogP contribution in [0.3, 0.4) is 0 Å². The van der Waals surface area contributed by atoms with Gasteiger partial charge in [-0.1, -0.05) is 24.3 Å². The van der Waals surface area contributed by atoms with Crippen LogP contribution in [0.1, 0.15) is 20.8 Å². The second-order valence-electron chi connectivity index (χ2n) is 3.93. The molecule has 0 N–H and O–H groups in total. The third-order valence-corrected chi connectivity index (χ3v) is 3.95. The standard InChI is InChI=1S/C14H14O2S/c1-9-6-4-5-7-11(9)12-8-10(2)13(17-12)14(15)16-3/h4-8H,1-3H3. The van der Waals surface area contributed by atoms with Gasteiger partial charge in [-0.2, -0.15) is 0 Å². The quantitative estimate of drug-likeness (QED) is 0.753. The summed E-state index contributed by atoms with van der Waals surface area (Å²) in [7, 11) is 1.41. The number of carbonyl (C=O) groups excluding carboxylic acids is 1. The molecular weight excluding hydrogens is 232 g/mol. The number of thiophene rings is 1. The number of esters is 1. The van der Waals surface area contributed by atoms with Crippen LogP contribution in [0, 0.1) is 13.8 Å². The molecule has 0 saturated carbocycles. The van der Waals surface area contributed by atoms with Crippen molar-refractivity contribution in [2.45, 2.75) is 13.8 Å². The fourth-order valence-corrected chi connectivity index (χ4v) is 2.94. The van der Waals surface area contributed by atoms with E-state index < -0.39 is 0 Å². The van der Waals surface area contributed by atoms with E-state index in [1.165, 1.54) is 29.6 Å². The minimum Gasteiger partial charge on any atom is -0.465 e. The first-order chi connectivity index (χ1) is 8.13. The molecule has 2 aromatic rings. The Morgan fingerprint density at radius 1 is 1.18 bits per heavy atom. The Morgan fingerprint density at radius 3 is 2.53 bits per heavy atom. The number of carbonyl (C=O) groups is 1. The lowest BCUT2D eigenvalue weighted by molar-refractivity contribution is 0.0605. The van der Waals surface area contributed by atoms with E-state index in [0.717, 1.165) is 10.4 Å². The second kappa shape index (κ2) is 4.72. The first-order valence-electron chi connectivity index (χ1n) is 5.38. The van der Waals surface area contributed by atoms with Crippen molar-refractivity contribution in [2.24, 2.45) is 0 Å². The van der Waals surface area contributed by atoms with Crippen LogP contribution in [0.4, 0.5) is 0 Å². The van der Waals surface area contributed by atoms with Crippen LogP contribution in [0.5, 0.6) is 0 Å². The van der Waals surface area contributed by atoms with Crippen LogP contribution >= 0.6 is 11.3 Å². The van der Waals surface area contributed by atoms with Crippen LogP contribution in [-0.4, -0.2) is 13.1 Å². The summed E-state index contributed by atoms with van der Waals surface area (Å²) in [6.07, 6.45) is 0. The molecular formula is C14H14O2S. The summed E-state index contributed by atoms with van der Waals surface area (Å²) in [6.45, 7) is 4.01. The number of aryl methyl sites for hydroxylation is 2. The van der Waals surface area contributed by atoms with Crippen molar-refractivity contribution in [2.75, 3.05) is 7.11 Å². The smallest absolute Gasteiger partial charge is 0.348 e. The van der Waals surface area contributed by atoms with Gasteiger partial charge >= 0.3 is 5.97 Å². The fraction of sp³-hybridized carbons (Fsp3) is 0.214. The van der Waals surface area contributed by atoms with Gasteiger partial charge in [-0.15, -0.1) is 11.3 Å². The van der Waals surface area contributed by atoms with Crippen LogP contribution in [-0.2, 0) is 4.74 Å². The van der Waals surface area contributed by atoms with Gasteiger partial charge in [0.2, 0.25) is 0 Å². The molecule has 0 radical (unpaired) electrons. The van der Waals surface area contributed by atoms with Gasteiger partial charge in [-0.3, -0.25) is 0 Å². The van der Waals surface area contributed by atoms with E-state index in [0.29, 0.717) is 4.88 Å². The molecule has 1 heterocycles. The van der Waals surface area contributed by atoms with Gasteiger partial charge in [0.25, 0.3) is 0 Å². The molecule has 2 nitrogen and oxygen atoms in total. The molecule has 0 spiro atoms. The zero-order chi connectivity index (χ0) is 12.4. The lowest BCUT2D eigenvalue weighted by Crippen LogP contribution is -1.99. The highest BCUT2D eigenvalue weighted by Crippen LogP contribution is 2.33. The largest absolute Gasteiger partial charge is 0.465 e. The Kier molecular flexibility index (Phi) is 3.29. The Labute approximate surface area is 105 Å². The van der Waals surface area contributed by atoms with Gasteiger partial charge < -0.3 is 4.74 Å². The second-order valence-corrected chi connectivity index (χ2v) is 4.98. The maximum atomic E-state index is 11.6. The van der Waals surface area contributed by atoms with Crippen molar-refractivity contribution in [1.82, 2.24) is 0 Å². The Balaban J connectivity index is 2.49. The topological polar surface area (TPSA) is 26.3 Å². The molecule has 1 aromatic carbocycles. The Bertz CT molecular complexity index is 555. The molecule has 2 rings (SSSR count). The molecule has 0 aliphatic heterocycles. The van der Waals surface area contributed by atoms with Crippen LogP contribution in [0.25, 0.3) is 10.4 Å². The van der Waals surface area contributed by atoms with E-state index in [4.69, 9.17) is 4.74 Å². The Morgan fingerprint density at radius 2 is 1.88 bits per heavy atom. The molecule has 0 aliphatic carbocycles. The van der Waals surface area contributed by atoms with E-state index in [1.54, 1.807) is 0 Å². The average Bonchev–Trinajstić information content (AvgIpc) is 2.71. The van der Waals surface area contributed by atoms with Crippen LogP contribution in [0.2, 0.25) is 0 Å². The summed E-state index contributed by atoms with van der Waals surface area (Å²) in [5.41, 5.74) is 3.36. The maximum absolute atomic E-state index is 11.6. The SMILES string of the molecule is COC(=O)c1sc(-c2ccccc2C)cc1C. The van der Waals surface area contributed by atoms with Crippen molar-refractivity contribution in [1.29, 1.82) is 0 Å². The van der Waals surface area contributed by atoms with E-state index in [-0.39, 0.29) is 5.97 Å². The summed E-state index contributed by atoms with van der Waals surface area (Å²) in [5, 5.41) is 0. The lowest BCUT2D eigenvalue weighted by atomic mass is 10.1. The monoisotopic (exact) mass is 246 g/mol. The third-order valence-electron chi connectivity index (χ3n) is 2.70. The van der Waals surface area contributed by atoms with E-state index >= 15 is 0 Å². The molecule has 0 bridgehead atoms. The molecule has 3 heteroatoms. The molecule has 0 saturated heterocycles.